The van der Waals surface area contributed by atoms with Crippen molar-refractivity contribution in [2.75, 3.05) is 13.1 Å². The molecule has 2 heteroatoms. The maximum Gasteiger partial charge on any atom is 0.101 e. The SMILES string of the molecule is CCCCCCCCCCCCCCCCC1N(CCCCCCC)C=CN1CCCCCCCC. The standard InChI is InChI=1S/C34H68N2/c1-4-7-10-13-15-16-17-18-19-20-21-22-23-26-29-34-35(30-27-24-12-9-6-3)32-33-36(34)31-28-25-14-11-8-5-2/h32-34H,4-31H2,1-3H3. The molecule has 0 amide bonds. The Morgan fingerprint density at radius 1 is 0.361 bits per heavy atom. The second-order valence-corrected chi connectivity index (χ2v) is 11.8. The van der Waals surface area contributed by atoms with Gasteiger partial charge in [0.05, 0.1) is 0 Å². The van der Waals surface area contributed by atoms with Gasteiger partial charge in [-0.3, -0.25) is 0 Å². The van der Waals surface area contributed by atoms with Crippen LogP contribution in [0.25, 0.3) is 0 Å². The first-order chi connectivity index (χ1) is 17.8. The van der Waals surface area contributed by atoms with E-state index in [1.54, 1.807) is 0 Å². The van der Waals surface area contributed by atoms with Crippen LogP contribution < -0.4 is 0 Å². The van der Waals surface area contributed by atoms with Crippen LogP contribution in [-0.2, 0) is 0 Å². The molecule has 0 aromatic carbocycles. The van der Waals surface area contributed by atoms with E-state index in [4.69, 9.17) is 0 Å². The molecule has 1 unspecified atom stereocenters. The van der Waals surface area contributed by atoms with E-state index >= 15 is 0 Å². The number of hydrogen-bond acceptors (Lipinski definition) is 2. The summed E-state index contributed by atoms with van der Waals surface area (Å²) in [4.78, 5) is 5.37. The Morgan fingerprint density at radius 2 is 0.639 bits per heavy atom. The van der Waals surface area contributed by atoms with Gasteiger partial charge in [-0.15, -0.1) is 0 Å². The molecule has 0 fully saturated rings. The second-order valence-electron chi connectivity index (χ2n) is 11.8. The molecule has 1 atom stereocenters. The number of unbranched alkanes of at least 4 members (excludes halogenated alkanes) is 22. The molecule has 1 rings (SSSR count). The third kappa shape index (κ3) is 18.6. The van der Waals surface area contributed by atoms with E-state index in [0.29, 0.717) is 6.17 Å². The van der Waals surface area contributed by atoms with E-state index in [2.05, 4.69) is 43.0 Å². The predicted molar refractivity (Wildman–Crippen MR) is 163 cm³/mol. The number of nitrogens with zero attached hydrogens (tertiary/aromatic N) is 2. The molecule has 0 saturated carbocycles. The number of rotatable bonds is 28. The van der Waals surface area contributed by atoms with Crippen LogP contribution in [0.15, 0.2) is 12.4 Å². The summed E-state index contributed by atoms with van der Waals surface area (Å²) in [5.41, 5.74) is 0. The van der Waals surface area contributed by atoms with Crippen LogP contribution in [0.1, 0.15) is 188 Å². The zero-order valence-electron chi connectivity index (χ0n) is 25.4. The lowest BCUT2D eigenvalue weighted by molar-refractivity contribution is 0.135. The molecule has 0 N–H and O–H groups in total. The quantitative estimate of drug-likeness (QED) is 0.0977. The van der Waals surface area contributed by atoms with Crippen LogP contribution in [0, 0.1) is 0 Å². The summed E-state index contributed by atoms with van der Waals surface area (Å²) in [6, 6.07) is 0. The zero-order valence-corrected chi connectivity index (χ0v) is 25.4. The van der Waals surface area contributed by atoms with Gasteiger partial charge in [0.15, 0.2) is 0 Å². The Morgan fingerprint density at radius 3 is 0.972 bits per heavy atom. The summed E-state index contributed by atoms with van der Waals surface area (Å²) in [7, 11) is 0. The average Bonchev–Trinajstić information content (AvgIpc) is 3.27. The fraction of sp³-hybridized carbons (Fsp3) is 0.941. The zero-order chi connectivity index (χ0) is 25.9. The third-order valence-corrected chi connectivity index (χ3v) is 8.32. The minimum Gasteiger partial charge on any atom is -0.356 e. The maximum absolute atomic E-state index is 2.69. The van der Waals surface area contributed by atoms with Crippen molar-refractivity contribution < 1.29 is 0 Å². The van der Waals surface area contributed by atoms with Crippen LogP contribution in [0.2, 0.25) is 0 Å². The van der Waals surface area contributed by atoms with Crippen LogP contribution in [0.5, 0.6) is 0 Å². The van der Waals surface area contributed by atoms with Crippen molar-refractivity contribution in [3.63, 3.8) is 0 Å². The molecule has 0 bridgehead atoms. The van der Waals surface area contributed by atoms with Gasteiger partial charge in [0, 0.05) is 25.5 Å². The van der Waals surface area contributed by atoms with Crippen molar-refractivity contribution >= 4 is 0 Å². The van der Waals surface area contributed by atoms with Crippen molar-refractivity contribution in [1.82, 2.24) is 9.80 Å². The van der Waals surface area contributed by atoms with Gasteiger partial charge >= 0.3 is 0 Å². The molecule has 0 aromatic rings. The van der Waals surface area contributed by atoms with Crippen molar-refractivity contribution in [3.8, 4) is 0 Å². The van der Waals surface area contributed by atoms with E-state index in [-0.39, 0.29) is 0 Å². The lowest BCUT2D eigenvalue weighted by Crippen LogP contribution is -2.39. The molecular weight excluding hydrogens is 436 g/mol. The van der Waals surface area contributed by atoms with Gasteiger partial charge in [0.2, 0.25) is 0 Å². The van der Waals surface area contributed by atoms with Crippen molar-refractivity contribution in [3.05, 3.63) is 12.4 Å². The van der Waals surface area contributed by atoms with Gasteiger partial charge in [0.1, 0.15) is 6.17 Å². The van der Waals surface area contributed by atoms with Gasteiger partial charge in [-0.05, 0) is 25.7 Å². The van der Waals surface area contributed by atoms with E-state index in [9.17, 15) is 0 Å². The van der Waals surface area contributed by atoms with E-state index in [1.807, 2.05) is 0 Å². The predicted octanol–water partition coefficient (Wildman–Crippen LogP) is 11.6. The molecule has 0 spiro atoms. The Bertz CT molecular complexity index is 460. The topological polar surface area (TPSA) is 6.48 Å². The molecule has 1 heterocycles. The first-order valence-electron chi connectivity index (χ1n) is 17.0. The smallest absolute Gasteiger partial charge is 0.101 e. The lowest BCUT2D eigenvalue weighted by atomic mass is 10.0. The van der Waals surface area contributed by atoms with Gasteiger partial charge < -0.3 is 9.80 Å². The fourth-order valence-corrected chi connectivity index (χ4v) is 5.83. The summed E-state index contributed by atoms with van der Waals surface area (Å²) >= 11 is 0. The largest absolute Gasteiger partial charge is 0.356 e. The Balaban J connectivity index is 2.15. The summed E-state index contributed by atoms with van der Waals surface area (Å²) in [6.45, 7) is 9.46. The third-order valence-electron chi connectivity index (χ3n) is 8.32. The van der Waals surface area contributed by atoms with Crippen molar-refractivity contribution in [2.45, 2.75) is 194 Å². The molecular formula is C34H68N2. The van der Waals surface area contributed by atoms with Crippen LogP contribution in [0.4, 0.5) is 0 Å². The molecule has 0 aromatic heterocycles. The molecule has 1 aliphatic rings. The second kappa shape index (κ2) is 26.0. The Hall–Kier alpha value is -0.660. The van der Waals surface area contributed by atoms with Crippen LogP contribution in [0.3, 0.4) is 0 Å². The number of hydrogen-bond donors (Lipinski definition) is 0. The Labute approximate surface area is 229 Å². The van der Waals surface area contributed by atoms with Gasteiger partial charge in [0.25, 0.3) is 0 Å². The Kier molecular flexibility index (Phi) is 24.1. The van der Waals surface area contributed by atoms with E-state index in [1.165, 1.54) is 180 Å². The molecule has 2 nitrogen and oxygen atoms in total. The molecule has 36 heavy (non-hydrogen) atoms. The highest BCUT2D eigenvalue weighted by atomic mass is 15.4. The average molecular weight is 505 g/mol. The maximum atomic E-state index is 2.69. The monoisotopic (exact) mass is 505 g/mol. The summed E-state index contributed by atoms with van der Waals surface area (Å²) < 4.78 is 0. The lowest BCUT2D eigenvalue weighted by Gasteiger charge is -2.33. The molecule has 0 saturated heterocycles. The van der Waals surface area contributed by atoms with Crippen molar-refractivity contribution in [1.29, 1.82) is 0 Å². The van der Waals surface area contributed by atoms with Crippen LogP contribution in [-0.4, -0.2) is 29.1 Å². The molecule has 0 radical (unpaired) electrons. The summed E-state index contributed by atoms with van der Waals surface area (Å²) in [5, 5.41) is 0. The fourth-order valence-electron chi connectivity index (χ4n) is 5.83. The molecule has 1 aliphatic heterocycles. The summed E-state index contributed by atoms with van der Waals surface area (Å²) in [5.74, 6) is 0. The normalized spacial score (nSPS) is 15.5. The molecule has 0 aliphatic carbocycles. The van der Waals surface area contributed by atoms with E-state index in [0.717, 1.165) is 0 Å². The highest BCUT2D eigenvalue weighted by molar-refractivity contribution is 4.97. The highest BCUT2D eigenvalue weighted by Crippen LogP contribution is 2.24. The minimum atomic E-state index is 0.643. The van der Waals surface area contributed by atoms with Gasteiger partial charge in [-0.1, -0.05) is 162 Å². The molecule has 214 valence electrons. The van der Waals surface area contributed by atoms with Gasteiger partial charge in [-0.2, -0.15) is 0 Å². The summed E-state index contributed by atoms with van der Waals surface area (Å²) in [6.07, 6.45) is 42.5. The van der Waals surface area contributed by atoms with Crippen molar-refractivity contribution in [2.24, 2.45) is 0 Å². The minimum absolute atomic E-state index is 0.643. The first kappa shape index (κ1) is 33.4. The highest BCUT2D eigenvalue weighted by Gasteiger charge is 2.24. The first-order valence-corrected chi connectivity index (χ1v) is 17.0. The van der Waals surface area contributed by atoms with Gasteiger partial charge in [-0.25, -0.2) is 0 Å². The van der Waals surface area contributed by atoms with Crippen LogP contribution >= 0.6 is 0 Å². The van der Waals surface area contributed by atoms with E-state index < -0.39 is 0 Å².